The molecule has 0 bridgehead atoms. The Hall–Kier alpha value is -1.19. The van der Waals surface area contributed by atoms with Crippen LogP contribution in [0, 0.1) is 0 Å². The summed E-state index contributed by atoms with van der Waals surface area (Å²) in [4.78, 5) is 4.30. The number of nitrogen functional groups attached to an aromatic ring is 1. The number of benzene rings is 1. The van der Waals surface area contributed by atoms with Gasteiger partial charge in [0.15, 0.2) is 0 Å². The van der Waals surface area contributed by atoms with Crippen LogP contribution >= 0.6 is 23.2 Å². The number of anilines is 1. The highest BCUT2D eigenvalue weighted by molar-refractivity contribution is 6.43. The largest absolute Gasteiger partial charge is 0.383 e. The molecular weight excluding hydrogens is 257 g/mol. The third kappa shape index (κ3) is 2.26. The zero-order valence-corrected chi connectivity index (χ0v) is 11.0. The lowest BCUT2D eigenvalue weighted by molar-refractivity contribution is 0.686. The van der Waals surface area contributed by atoms with E-state index in [1.54, 1.807) is 12.4 Å². The minimum Gasteiger partial charge on any atom is -0.383 e. The highest BCUT2D eigenvalue weighted by Gasteiger charge is 2.13. The van der Waals surface area contributed by atoms with Crippen LogP contribution in [-0.2, 0) is 6.54 Å². The van der Waals surface area contributed by atoms with Crippen molar-refractivity contribution in [2.45, 2.75) is 19.9 Å². The number of nitrogens with zero attached hydrogens (tertiary/aromatic N) is 2. The van der Waals surface area contributed by atoms with E-state index in [0.717, 1.165) is 18.5 Å². The minimum absolute atomic E-state index is 0.489. The maximum Gasteiger partial charge on any atom is 0.131 e. The van der Waals surface area contributed by atoms with Crippen LogP contribution < -0.4 is 5.73 Å². The molecule has 0 spiro atoms. The molecule has 5 heteroatoms. The van der Waals surface area contributed by atoms with Gasteiger partial charge in [-0.1, -0.05) is 42.3 Å². The van der Waals surface area contributed by atoms with Crippen LogP contribution in [0.5, 0.6) is 0 Å². The zero-order valence-electron chi connectivity index (χ0n) is 9.45. The average molecular weight is 270 g/mol. The van der Waals surface area contributed by atoms with Crippen molar-refractivity contribution in [3.63, 3.8) is 0 Å². The molecule has 0 saturated heterocycles. The van der Waals surface area contributed by atoms with Crippen molar-refractivity contribution in [3.8, 4) is 11.3 Å². The topological polar surface area (TPSA) is 43.8 Å². The fourth-order valence-electron chi connectivity index (χ4n) is 1.71. The Morgan fingerprint density at radius 1 is 1.35 bits per heavy atom. The molecule has 1 aromatic carbocycles. The maximum absolute atomic E-state index is 6.15. The Morgan fingerprint density at radius 2 is 2.12 bits per heavy atom. The minimum atomic E-state index is 0.489. The molecule has 0 fully saturated rings. The van der Waals surface area contributed by atoms with Crippen molar-refractivity contribution in [1.29, 1.82) is 0 Å². The molecule has 90 valence electrons. The Labute approximate surface area is 110 Å². The van der Waals surface area contributed by atoms with Crippen LogP contribution in [0.15, 0.2) is 24.5 Å². The number of hydrogen-bond donors (Lipinski definition) is 1. The van der Waals surface area contributed by atoms with E-state index in [9.17, 15) is 0 Å². The van der Waals surface area contributed by atoms with Crippen LogP contribution in [-0.4, -0.2) is 9.55 Å². The fourth-order valence-corrected chi connectivity index (χ4v) is 2.10. The van der Waals surface area contributed by atoms with Gasteiger partial charge in [-0.25, -0.2) is 4.98 Å². The Balaban J connectivity index is 2.50. The normalized spacial score (nSPS) is 10.8. The van der Waals surface area contributed by atoms with Gasteiger partial charge in [0.05, 0.1) is 16.4 Å². The van der Waals surface area contributed by atoms with Crippen molar-refractivity contribution < 1.29 is 0 Å². The van der Waals surface area contributed by atoms with E-state index >= 15 is 0 Å². The van der Waals surface area contributed by atoms with E-state index in [-0.39, 0.29) is 0 Å². The predicted octanol–water partition coefficient (Wildman–Crippen LogP) is 3.85. The number of aryl methyl sites for hydroxylation is 1. The summed E-state index contributed by atoms with van der Waals surface area (Å²) in [5, 5.41) is 0.997. The number of halogens is 2. The molecule has 1 aromatic heterocycles. The van der Waals surface area contributed by atoms with Gasteiger partial charge in [0.2, 0.25) is 0 Å². The lowest BCUT2D eigenvalue weighted by Crippen LogP contribution is -2.01. The third-order valence-electron chi connectivity index (χ3n) is 2.55. The van der Waals surface area contributed by atoms with Gasteiger partial charge in [0, 0.05) is 12.1 Å². The van der Waals surface area contributed by atoms with Gasteiger partial charge in [-0.3, -0.25) is 0 Å². The second kappa shape index (κ2) is 4.98. The fraction of sp³-hybridized carbons (Fsp3) is 0.250. The molecule has 0 unspecified atom stereocenters. The molecule has 0 aliphatic rings. The monoisotopic (exact) mass is 269 g/mol. The van der Waals surface area contributed by atoms with Crippen LogP contribution in [0.2, 0.25) is 10.0 Å². The third-order valence-corrected chi connectivity index (χ3v) is 3.37. The van der Waals surface area contributed by atoms with Crippen molar-refractivity contribution in [1.82, 2.24) is 9.55 Å². The summed E-state index contributed by atoms with van der Waals surface area (Å²) in [6.45, 7) is 2.93. The summed E-state index contributed by atoms with van der Waals surface area (Å²) >= 11 is 12.1. The van der Waals surface area contributed by atoms with Gasteiger partial charge < -0.3 is 10.3 Å². The summed E-state index contributed by atoms with van der Waals surface area (Å²) in [5.41, 5.74) is 7.50. The average Bonchev–Trinajstić information content (AvgIpc) is 2.66. The molecule has 2 rings (SSSR count). The van der Waals surface area contributed by atoms with E-state index < -0.39 is 0 Å². The number of nitrogens with two attached hydrogens (primary N) is 1. The molecule has 1 heterocycles. The van der Waals surface area contributed by atoms with Gasteiger partial charge in [-0.15, -0.1) is 0 Å². The second-order valence-corrected chi connectivity index (χ2v) is 4.56. The quantitative estimate of drug-likeness (QED) is 0.920. The molecule has 17 heavy (non-hydrogen) atoms. The second-order valence-electron chi connectivity index (χ2n) is 3.77. The van der Waals surface area contributed by atoms with Gasteiger partial charge in [0.1, 0.15) is 11.5 Å². The highest BCUT2D eigenvalue weighted by Crippen LogP contribution is 2.35. The van der Waals surface area contributed by atoms with Crippen LogP contribution in [0.4, 0.5) is 5.82 Å². The summed E-state index contributed by atoms with van der Waals surface area (Å²) in [6, 6.07) is 5.44. The molecule has 0 aliphatic carbocycles. The van der Waals surface area contributed by atoms with Gasteiger partial charge in [-0.2, -0.15) is 0 Å². The molecule has 0 aliphatic heterocycles. The number of hydrogen-bond acceptors (Lipinski definition) is 2. The van der Waals surface area contributed by atoms with Crippen molar-refractivity contribution >= 4 is 29.0 Å². The van der Waals surface area contributed by atoms with E-state index in [2.05, 4.69) is 11.9 Å². The number of rotatable bonds is 3. The molecular formula is C12H13Cl2N3. The highest BCUT2D eigenvalue weighted by atomic mass is 35.5. The molecule has 2 N–H and O–H groups in total. The Bertz CT molecular complexity index is 535. The van der Waals surface area contributed by atoms with Gasteiger partial charge in [-0.05, 0) is 12.5 Å². The number of aromatic nitrogens is 2. The Morgan fingerprint density at radius 3 is 2.82 bits per heavy atom. The van der Waals surface area contributed by atoms with Crippen molar-refractivity contribution in [2.24, 2.45) is 0 Å². The van der Waals surface area contributed by atoms with E-state index in [0.29, 0.717) is 21.6 Å². The first-order chi connectivity index (χ1) is 8.15. The zero-order chi connectivity index (χ0) is 12.4. The van der Waals surface area contributed by atoms with E-state index in [1.807, 2.05) is 16.7 Å². The van der Waals surface area contributed by atoms with Crippen LogP contribution in [0.25, 0.3) is 11.3 Å². The van der Waals surface area contributed by atoms with Crippen molar-refractivity contribution in [3.05, 3.63) is 34.6 Å². The SMILES string of the molecule is CCCn1cnc(-c2cccc(Cl)c2Cl)c1N. The van der Waals surface area contributed by atoms with E-state index in [1.165, 1.54) is 0 Å². The number of imidazole rings is 1. The van der Waals surface area contributed by atoms with Gasteiger partial charge >= 0.3 is 0 Å². The molecule has 0 atom stereocenters. The molecule has 3 nitrogen and oxygen atoms in total. The van der Waals surface area contributed by atoms with Crippen LogP contribution in [0.1, 0.15) is 13.3 Å². The Kier molecular flexibility index (Phi) is 3.60. The lowest BCUT2D eigenvalue weighted by Gasteiger charge is -2.06. The van der Waals surface area contributed by atoms with E-state index in [4.69, 9.17) is 28.9 Å². The summed E-state index contributed by atoms with van der Waals surface area (Å²) in [7, 11) is 0. The molecule has 0 saturated carbocycles. The van der Waals surface area contributed by atoms with Gasteiger partial charge in [0.25, 0.3) is 0 Å². The summed E-state index contributed by atoms with van der Waals surface area (Å²) in [5.74, 6) is 0.621. The standard InChI is InChI=1S/C12H13Cl2N3/c1-2-6-17-7-16-11(12(17)15)8-4-3-5-9(13)10(8)14/h3-5,7H,2,6,15H2,1H3. The summed E-state index contributed by atoms with van der Waals surface area (Å²) in [6.07, 6.45) is 2.73. The van der Waals surface area contributed by atoms with Crippen LogP contribution in [0.3, 0.4) is 0 Å². The molecule has 0 amide bonds. The smallest absolute Gasteiger partial charge is 0.131 e. The maximum atomic E-state index is 6.15. The first-order valence-electron chi connectivity index (χ1n) is 5.40. The molecule has 2 aromatic rings. The van der Waals surface area contributed by atoms with Crippen molar-refractivity contribution in [2.75, 3.05) is 5.73 Å². The first kappa shape index (κ1) is 12.3. The first-order valence-corrected chi connectivity index (χ1v) is 6.15. The summed E-state index contributed by atoms with van der Waals surface area (Å²) < 4.78 is 1.91. The lowest BCUT2D eigenvalue weighted by atomic mass is 10.1. The predicted molar refractivity (Wildman–Crippen MR) is 72.4 cm³/mol. The molecule has 0 radical (unpaired) electrons.